The van der Waals surface area contributed by atoms with E-state index in [2.05, 4.69) is 5.32 Å². The first-order valence-corrected chi connectivity index (χ1v) is 6.89. The normalized spacial score (nSPS) is 22.3. The third-order valence-corrected chi connectivity index (χ3v) is 3.64. The number of rotatable bonds is 7. The molecule has 0 aliphatic heterocycles. The molecule has 0 saturated heterocycles. The van der Waals surface area contributed by atoms with Crippen molar-refractivity contribution in [2.24, 2.45) is 5.73 Å². The fourth-order valence-electron chi connectivity index (χ4n) is 2.34. The van der Waals surface area contributed by atoms with E-state index in [-0.39, 0.29) is 23.6 Å². The monoisotopic (exact) mass is 338 g/mol. The van der Waals surface area contributed by atoms with Crippen LogP contribution in [0.3, 0.4) is 0 Å². The molecule has 1 unspecified atom stereocenters. The van der Waals surface area contributed by atoms with Gasteiger partial charge in [0.2, 0.25) is 0 Å². The molecule has 0 fully saturated rings. The van der Waals surface area contributed by atoms with Gasteiger partial charge < -0.3 is 20.7 Å². The number of hydrogen-bond donors (Lipinski definition) is 2. The van der Waals surface area contributed by atoms with Crippen LogP contribution in [0.4, 0.5) is 13.2 Å². The molecule has 23 heavy (non-hydrogen) atoms. The van der Waals surface area contributed by atoms with Crippen molar-refractivity contribution in [1.82, 2.24) is 10.2 Å². The second-order valence-electron chi connectivity index (χ2n) is 5.63. The predicted octanol–water partition coefficient (Wildman–Crippen LogP) is 1.21. The van der Waals surface area contributed by atoms with Gasteiger partial charge in [0.15, 0.2) is 6.61 Å². The van der Waals surface area contributed by atoms with Crippen LogP contribution in [-0.2, 0) is 4.74 Å². The SMILES string of the molecule is CNC1(CCN(C)C)CC(OCC(F)(F)F)=C(N)C=C1[N+](=O)[O-]. The molecular weight excluding hydrogens is 317 g/mol. The lowest BCUT2D eigenvalue weighted by molar-refractivity contribution is -0.437. The van der Waals surface area contributed by atoms with Crippen molar-refractivity contribution in [3.63, 3.8) is 0 Å². The maximum atomic E-state index is 12.3. The molecule has 1 aliphatic carbocycles. The average molecular weight is 338 g/mol. The Bertz CT molecular complexity index is 517. The summed E-state index contributed by atoms with van der Waals surface area (Å²) in [5.74, 6) is -0.0963. The molecule has 10 heteroatoms. The number of hydrogen-bond acceptors (Lipinski definition) is 6. The number of allylic oxidation sites excluding steroid dienone is 1. The van der Waals surface area contributed by atoms with Gasteiger partial charge >= 0.3 is 6.18 Å². The molecule has 0 bridgehead atoms. The Morgan fingerprint density at radius 3 is 2.57 bits per heavy atom. The zero-order valence-corrected chi connectivity index (χ0v) is 13.2. The first-order chi connectivity index (χ1) is 10.5. The lowest BCUT2D eigenvalue weighted by Crippen LogP contribution is -2.51. The molecule has 0 aromatic carbocycles. The average Bonchev–Trinajstić information content (AvgIpc) is 2.43. The summed E-state index contributed by atoms with van der Waals surface area (Å²) in [6.45, 7) is -0.989. The van der Waals surface area contributed by atoms with Gasteiger partial charge in [-0.1, -0.05) is 0 Å². The Morgan fingerprint density at radius 1 is 1.52 bits per heavy atom. The first kappa shape index (κ1) is 19.2. The number of alkyl halides is 3. The van der Waals surface area contributed by atoms with Gasteiger partial charge in [-0.15, -0.1) is 0 Å². The van der Waals surface area contributed by atoms with Crippen LogP contribution in [0, 0.1) is 10.1 Å². The fraction of sp³-hybridized carbons (Fsp3) is 0.692. The highest BCUT2D eigenvalue weighted by Crippen LogP contribution is 2.35. The molecule has 1 rings (SSSR count). The second kappa shape index (κ2) is 7.18. The van der Waals surface area contributed by atoms with E-state index in [0.717, 1.165) is 6.08 Å². The van der Waals surface area contributed by atoms with Crippen LogP contribution in [0.1, 0.15) is 12.8 Å². The summed E-state index contributed by atoms with van der Waals surface area (Å²) >= 11 is 0. The molecule has 0 radical (unpaired) electrons. The Hall–Kier alpha value is -1.81. The lowest BCUT2D eigenvalue weighted by atomic mass is 9.82. The highest BCUT2D eigenvalue weighted by Gasteiger charge is 2.46. The van der Waals surface area contributed by atoms with Gasteiger partial charge in [0.05, 0.1) is 10.6 Å². The molecule has 3 N–H and O–H groups in total. The van der Waals surface area contributed by atoms with Crippen molar-refractivity contribution in [1.29, 1.82) is 0 Å². The number of nitrogens with one attached hydrogen (secondary N) is 1. The van der Waals surface area contributed by atoms with E-state index in [9.17, 15) is 23.3 Å². The van der Waals surface area contributed by atoms with E-state index in [1.165, 1.54) is 7.05 Å². The highest BCUT2D eigenvalue weighted by atomic mass is 19.4. The van der Waals surface area contributed by atoms with Crippen molar-refractivity contribution in [2.45, 2.75) is 24.6 Å². The molecule has 0 spiro atoms. The van der Waals surface area contributed by atoms with Crippen molar-refractivity contribution in [3.8, 4) is 0 Å². The maximum Gasteiger partial charge on any atom is 0.422 e. The third-order valence-electron chi connectivity index (χ3n) is 3.64. The minimum Gasteiger partial charge on any atom is -0.486 e. The van der Waals surface area contributed by atoms with Gasteiger partial charge in [0, 0.05) is 12.5 Å². The number of nitro groups is 1. The summed E-state index contributed by atoms with van der Waals surface area (Å²) in [5, 5.41) is 14.2. The van der Waals surface area contributed by atoms with E-state index in [1.54, 1.807) is 14.1 Å². The Kier molecular flexibility index (Phi) is 6.00. The van der Waals surface area contributed by atoms with Gasteiger partial charge in [-0.25, -0.2) is 0 Å². The third kappa shape index (κ3) is 5.10. The molecule has 132 valence electrons. The van der Waals surface area contributed by atoms with Crippen LogP contribution in [-0.4, -0.2) is 55.8 Å². The summed E-state index contributed by atoms with van der Waals surface area (Å²) in [6, 6.07) is 0. The molecular formula is C13H21F3N4O3. The second-order valence-corrected chi connectivity index (χ2v) is 5.63. The van der Waals surface area contributed by atoms with E-state index in [0.29, 0.717) is 13.0 Å². The summed E-state index contributed by atoms with van der Waals surface area (Å²) in [4.78, 5) is 12.6. The van der Waals surface area contributed by atoms with E-state index in [1.807, 2.05) is 4.90 Å². The molecule has 1 aliphatic rings. The summed E-state index contributed by atoms with van der Waals surface area (Å²) in [5.41, 5.74) is 4.16. The highest BCUT2D eigenvalue weighted by molar-refractivity contribution is 5.34. The molecule has 7 nitrogen and oxygen atoms in total. The van der Waals surface area contributed by atoms with Gasteiger partial charge in [-0.05, 0) is 34.1 Å². The Labute approximate surface area is 132 Å². The minimum atomic E-state index is -4.51. The van der Waals surface area contributed by atoms with Crippen LogP contribution >= 0.6 is 0 Å². The number of nitrogens with two attached hydrogens (primary N) is 1. The zero-order valence-electron chi connectivity index (χ0n) is 13.2. The standard InChI is InChI=1S/C13H21F3N4O3/c1-18-12(4-5-19(2)3)7-10(23-8-13(14,15)16)9(17)6-11(12)20(21)22/h6,18H,4-5,7-8,17H2,1-3H3. The molecule has 1 atom stereocenters. The van der Waals surface area contributed by atoms with Crippen molar-refractivity contribution in [3.05, 3.63) is 33.3 Å². The van der Waals surface area contributed by atoms with Crippen molar-refractivity contribution >= 4 is 0 Å². The Morgan fingerprint density at radius 2 is 2.13 bits per heavy atom. The van der Waals surface area contributed by atoms with Gasteiger partial charge in [0.25, 0.3) is 5.70 Å². The maximum absolute atomic E-state index is 12.3. The van der Waals surface area contributed by atoms with Crippen LogP contribution in [0.5, 0.6) is 0 Å². The molecule has 0 aromatic heterocycles. The smallest absolute Gasteiger partial charge is 0.422 e. The van der Waals surface area contributed by atoms with Crippen LogP contribution in [0.15, 0.2) is 23.2 Å². The lowest BCUT2D eigenvalue weighted by Gasteiger charge is -2.35. The molecule has 0 heterocycles. The van der Waals surface area contributed by atoms with Gasteiger partial charge in [0.1, 0.15) is 11.3 Å². The zero-order chi connectivity index (χ0) is 17.8. The van der Waals surface area contributed by atoms with E-state index in [4.69, 9.17) is 10.5 Å². The number of halogens is 3. The summed E-state index contributed by atoms with van der Waals surface area (Å²) < 4.78 is 41.8. The van der Waals surface area contributed by atoms with E-state index >= 15 is 0 Å². The van der Waals surface area contributed by atoms with Gasteiger partial charge in [-0.2, -0.15) is 13.2 Å². The fourth-order valence-corrected chi connectivity index (χ4v) is 2.34. The predicted molar refractivity (Wildman–Crippen MR) is 77.9 cm³/mol. The number of nitrogens with zero attached hydrogens (tertiary/aromatic N) is 2. The topological polar surface area (TPSA) is 93.7 Å². The minimum absolute atomic E-state index is 0.0963. The first-order valence-electron chi connectivity index (χ1n) is 6.89. The van der Waals surface area contributed by atoms with Gasteiger partial charge in [-0.3, -0.25) is 10.1 Å². The Balaban J connectivity index is 3.12. The number of ether oxygens (including phenoxy) is 1. The molecule has 0 amide bonds. The summed E-state index contributed by atoms with van der Waals surface area (Å²) in [6.07, 6.45) is -3.24. The van der Waals surface area contributed by atoms with E-state index < -0.39 is 23.2 Å². The molecule has 0 saturated carbocycles. The summed E-state index contributed by atoms with van der Waals surface area (Å²) in [7, 11) is 5.12. The quantitative estimate of drug-likeness (QED) is 0.535. The van der Waals surface area contributed by atoms with Crippen molar-refractivity contribution in [2.75, 3.05) is 34.3 Å². The molecule has 0 aromatic rings. The van der Waals surface area contributed by atoms with Crippen LogP contribution in [0.2, 0.25) is 0 Å². The van der Waals surface area contributed by atoms with Crippen LogP contribution < -0.4 is 11.1 Å². The number of likely N-dealkylation sites (N-methyl/N-ethyl adjacent to an activating group) is 1. The van der Waals surface area contributed by atoms with Crippen LogP contribution in [0.25, 0.3) is 0 Å². The van der Waals surface area contributed by atoms with Crippen molar-refractivity contribution < 1.29 is 22.8 Å². The largest absolute Gasteiger partial charge is 0.486 e.